The van der Waals surface area contributed by atoms with E-state index in [9.17, 15) is 9.59 Å². The minimum atomic E-state index is -0.485. The van der Waals surface area contributed by atoms with E-state index in [1.807, 2.05) is 67.3 Å². The summed E-state index contributed by atoms with van der Waals surface area (Å²) < 4.78 is 6.01. The van der Waals surface area contributed by atoms with Crippen molar-refractivity contribution in [3.8, 4) is 11.5 Å². The number of amides is 2. The number of carbonyl (C=O) groups is 2. The van der Waals surface area contributed by atoms with Crippen LogP contribution in [0.5, 0.6) is 11.5 Å². The molecule has 2 amide bonds. The number of nitrogens with zero attached hydrogens (tertiary/aromatic N) is 1. The second-order valence-corrected chi connectivity index (χ2v) is 9.18. The van der Waals surface area contributed by atoms with Crippen LogP contribution in [0.2, 0.25) is 0 Å². The van der Waals surface area contributed by atoms with Crippen molar-refractivity contribution in [2.45, 2.75) is 65.5 Å². The third-order valence-corrected chi connectivity index (χ3v) is 6.14. The summed E-state index contributed by atoms with van der Waals surface area (Å²) in [6, 6.07) is 17.2. The Kier molecular flexibility index (Phi) is 8.32. The second kappa shape index (κ2) is 11.2. The van der Waals surface area contributed by atoms with E-state index >= 15 is 0 Å². The fourth-order valence-electron chi connectivity index (χ4n) is 4.18. The lowest BCUT2D eigenvalue weighted by Gasteiger charge is -2.31. The first-order chi connectivity index (χ1) is 15.4. The first-order valence-electron chi connectivity index (χ1n) is 11.8. The summed E-state index contributed by atoms with van der Waals surface area (Å²) in [4.78, 5) is 28.1. The van der Waals surface area contributed by atoms with Gasteiger partial charge in [-0.2, -0.15) is 0 Å². The van der Waals surface area contributed by atoms with Crippen LogP contribution in [0.4, 0.5) is 0 Å². The molecule has 3 atom stereocenters. The summed E-state index contributed by atoms with van der Waals surface area (Å²) in [5.74, 6) is 1.74. The van der Waals surface area contributed by atoms with E-state index < -0.39 is 6.04 Å². The molecule has 0 unspecified atom stereocenters. The van der Waals surface area contributed by atoms with Gasteiger partial charge in [0, 0.05) is 12.5 Å². The molecule has 0 aliphatic carbocycles. The molecule has 0 radical (unpaired) electrons. The van der Waals surface area contributed by atoms with Crippen LogP contribution in [-0.4, -0.2) is 29.3 Å². The van der Waals surface area contributed by atoms with Crippen molar-refractivity contribution in [1.29, 1.82) is 0 Å². The van der Waals surface area contributed by atoms with E-state index in [1.54, 1.807) is 0 Å². The van der Waals surface area contributed by atoms with E-state index in [2.05, 4.69) is 25.2 Å². The van der Waals surface area contributed by atoms with Crippen molar-refractivity contribution in [2.75, 3.05) is 6.54 Å². The maximum atomic E-state index is 13.6. The van der Waals surface area contributed by atoms with Gasteiger partial charge in [0.1, 0.15) is 17.5 Å². The third-order valence-electron chi connectivity index (χ3n) is 6.14. The Labute approximate surface area is 192 Å². The molecule has 1 N–H and O–H groups in total. The molecule has 0 saturated carbocycles. The minimum Gasteiger partial charge on any atom is -0.457 e. The summed E-state index contributed by atoms with van der Waals surface area (Å²) in [6.45, 7) is 8.78. The summed E-state index contributed by atoms with van der Waals surface area (Å²) in [5.41, 5.74) is 1.07. The van der Waals surface area contributed by atoms with Crippen molar-refractivity contribution in [3.05, 3.63) is 60.2 Å². The number of ether oxygens (including phenoxy) is 1. The average molecular weight is 437 g/mol. The van der Waals surface area contributed by atoms with Crippen molar-refractivity contribution in [3.63, 3.8) is 0 Å². The zero-order chi connectivity index (χ0) is 23.1. The Morgan fingerprint density at radius 1 is 1.06 bits per heavy atom. The highest BCUT2D eigenvalue weighted by Crippen LogP contribution is 2.35. The molecule has 32 heavy (non-hydrogen) atoms. The summed E-state index contributed by atoms with van der Waals surface area (Å²) in [5, 5.41) is 3.04. The van der Waals surface area contributed by atoms with Gasteiger partial charge in [0.2, 0.25) is 11.8 Å². The maximum Gasteiger partial charge on any atom is 0.245 e. The molecular weight excluding hydrogens is 400 g/mol. The number of carbonyl (C=O) groups excluding carboxylic acids is 2. The standard InChI is InChI=1S/C27H36N2O3/c1-5-20(4)26(30)28-24(17-19(2)3)27(31)29-16-10-15-25(29)21-11-9-14-23(18-21)32-22-12-7-6-8-13-22/h6-9,11-14,18-20,24-25H,5,10,15-17H2,1-4H3,(H,28,30)/t20-,24+,25+/m1/s1. The molecule has 0 aromatic heterocycles. The molecular formula is C27H36N2O3. The van der Waals surface area contributed by atoms with Gasteiger partial charge >= 0.3 is 0 Å². The number of nitrogens with one attached hydrogen (secondary N) is 1. The Hall–Kier alpha value is -2.82. The van der Waals surface area contributed by atoms with Crippen LogP contribution in [0.3, 0.4) is 0 Å². The summed E-state index contributed by atoms with van der Waals surface area (Å²) in [6.07, 6.45) is 3.26. The number of likely N-dealkylation sites (tertiary alicyclic amines) is 1. The lowest BCUT2D eigenvalue weighted by atomic mass is 9.99. The lowest BCUT2D eigenvalue weighted by molar-refractivity contribution is -0.138. The fraction of sp³-hybridized carbons (Fsp3) is 0.481. The fourth-order valence-corrected chi connectivity index (χ4v) is 4.18. The highest BCUT2D eigenvalue weighted by atomic mass is 16.5. The molecule has 0 spiro atoms. The van der Waals surface area contributed by atoms with Crippen molar-refractivity contribution in [2.24, 2.45) is 11.8 Å². The molecule has 1 fully saturated rings. The van der Waals surface area contributed by atoms with E-state index in [0.29, 0.717) is 18.9 Å². The largest absolute Gasteiger partial charge is 0.457 e. The summed E-state index contributed by atoms with van der Waals surface area (Å²) in [7, 11) is 0. The van der Waals surface area contributed by atoms with Crippen molar-refractivity contribution in [1.82, 2.24) is 10.2 Å². The molecule has 5 nitrogen and oxygen atoms in total. The van der Waals surface area contributed by atoms with Gasteiger partial charge in [0.25, 0.3) is 0 Å². The van der Waals surface area contributed by atoms with Crippen LogP contribution < -0.4 is 10.1 Å². The smallest absolute Gasteiger partial charge is 0.245 e. The van der Waals surface area contributed by atoms with Gasteiger partial charge < -0.3 is 15.0 Å². The topological polar surface area (TPSA) is 58.6 Å². The van der Waals surface area contributed by atoms with Crippen LogP contribution in [0, 0.1) is 11.8 Å². The SMILES string of the molecule is CC[C@@H](C)C(=O)N[C@@H](CC(C)C)C(=O)N1CCC[C@H]1c1cccc(Oc2ccccc2)c1. The zero-order valence-electron chi connectivity index (χ0n) is 19.7. The molecule has 0 bridgehead atoms. The van der Waals surface area contributed by atoms with Gasteiger partial charge in [-0.05, 0) is 61.4 Å². The monoisotopic (exact) mass is 436 g/mol. The number of para-hydroxylation sites is 1. The molecule has 1 saturated heterocycles. The second-order valence-electron chi connectivity index (χ2n) is 9.18. The van der Waals surface area contributed by atoms with Gasteiger partial charge in [-0.1, -0.05) is 58.0 Å². The molecule has 2 aromatic carbocycles. The minimum absolute atomic E-state index is 0.00279. The molecule has 1 aliphatic heterocycles. The average Bonchev–Trinajstić information content (AvgIpc) is 3.28. The Morgan fingerprint density at radius 2 is 1.78 bits per heavy atom. The Morgan fingerprint density at radius 3 is 2.47 bits per heavy atom. The highest BCUT2D eigenvalue weighted by molar-refractivity contribution is 5.88. The van der Waals surface area contributed by atoms with Crippen LogP contribution in [0.25, 0.3) is 0 Å². The molecule has 2 aromatic rings. The molecule has 1 aliphatic rings. The number of hydrogen-bond donors (Lipinski definition) is 1. The van der Waals surface area contributed by atoms with E-state index in [0.717, 1.165) is 36.3 Å². The molecule has 5 heteroatoms. The van der Waals surface area contributed by atoms with Gasteiger partial charge in [0.15, 0.2) is 0 Å². The Bertz CT molecular complexity index is 897. The van der Waals surface area contributed by atoms with Crippen molar-refractivity contribution < 1.29 is 14.3 Å². The predicted molar refractivity (Wildman–Crippen MR) is 127 cm³/mol. The maximum absolute atomic E-state index is 13.6. The normalized spacial score (nSPS) is 17.8. The van der Waals surface area contributed by atoms with Gasteiger partial charge in [0.05, 0.1) is 6.04 Å². The van der Waals surface area contributed by atoms with Gasteiger partial charge in [-0.3, -0.25) is 9.59 Å². The molecule has 172 valence electrons. The van der Waals surface area contributed by atoms with Gasteiger partial charge in [-0.15, -0.1) is 0 Å². The number of benzene rings is 2. The number of rotatable bonds is 9. The lowest BCUT2D eigenvalue weighted by Crippen LogP contribution is -2.50. The van der Waals surface area contributed by atoms with Crippen molar-refractivity contribution >= 4 is 11.8 Å². The molecule has 1 heterocycles. The van der Waals surface area contributed by atoms with E-state index in [4.69, 9.17) is 4.74 Å². The van der Waals surface area contributed by atoms with E-state index in [-0.39, 0.29) is 23.8 Å². The van der Waals surface area contributed by atoms with Crippen LogP contribution in [0.1, 0.15) is 65.0 Å². The quantitative estimate of drug-likeness (QED) is 0.547. The zero-order valence-corrected chi connectivity index (χ0v) is 19.7. The van der Waals surface area contributed by atoms with Crippen LogP contribution in [-0.2, 0) is 9.59 Å². The Balaban J connectivity index is 1.77. The highest BCUT2D eigenvalue weighted by Gasteiger charge is 2.35. The third kappa shape index (κ3) is 6.12. The first kappa shape index (κ1) is 23.8. The van der Waals surface area contributed by atoms with Gasteiger partial charge in [-0.25, -0.2) is 0 Å². The first-order valence-corrected chi connectivity index (χ1v) is 11.8. The van der Waals surface area contributed by atoms with Crippen LogP contribution in [0.15, 0.2) is 54.6 Å². The number of hydrogen-bond acceptors (Lipinski definition) is 3. The predicted octanol–water partition coefficient (Wildman–Crippen LogP) is 5.72. The molecule has 3 rings (SSSR count). The van der Waals surface area contributed by atoms with Crippen LogP contribution >= 0.6 is 0 Å². The summed E-state index contributed by atoms with van der Waals surface area (Å²) >= 11 is 0. The van der Waals surface area contributed by atoms with E-state index in [1.165, 1.54) is 0 Å².